The molecule has 1 aliphatic heterocycles. The van der Waals surface area contributed by atoms with Crippen LogP contribution in [-0.2, 0) is 14.6 Å². The number of halogens is 1. The van der Waals surface area contributed by atoms with Crippen molar-refractivity contribution in [2.24, 2.45) is 11.3 Å². The number of rotatable bonds is 8. The molecule has 0 spiro atoms. The van der Waals surface area contributed by atoms with Crippen molar-refractivity contribution < 1.29 is 18.0 Å². The molecular weight excluding hydrogens is 500 g/mol. The van der Waals surface area contributed by atoms with E-state index in [0.29, 0.717) is 48.1 Å². The standard InChI is InChI=1S/C26H35ClN4O4S/c1-26(2,3)10-11-28-23(32)14-18-8-12-31(13-9-18)24-22(16-21(17-29-24)36(4,34)35)30-25(33)19-6-5-7-20(27)15-19/h5-7,15-18H,8-14H2,1-4H3,(H,28,32)(H,30,33). The fourth-order valence-corrected chi connectivity index (χ4v) is 4.84. The van der Waals surface area contributed by atoms with Crippen molar-refractivity contribution in [1.29, 1.82) is 0 Å². The number of nitrogens with one attached hydrogen (secondary N) is 2. The average molecular weight is 535 g/mol. The number of hydrogen-bond acceptors (Lipinski definition) is 6. The van der Waals surface area contributed by atoms with E-state index in [2.05, 4.69) is 36.4 Å². The van der Waals surface area contributed by atoms with Crippen LogP contribution in [0, 0.1) is 11.3 Å². The van der Waals surface area contributed by atoms with Crippen LogP contribution < -0.4 is 15.5 Å². The Morgan fingerprint density at radius 2 is 1.86 bits per heavy atom. The number of anilines is 2. The van der Waals surface area contributed by atoms with E-state index in [-0.39, 0.29) is 22.1 Å². The van der Waals surface area contributed by atoms with Crippen LogP contribution in [0.25, 0.3) is 0 Å². The Morgan fingerprint density at radius 3 is 2.47 bits per heavy atom. The number of pyridine rings is 1. The number of nitrogens with zero attached hydrogens (tertiary/aromatic N) is 2. The lowest BCUT2D eigenvalue weighted by Crippen LogP contribution is -2.37. The summed E-state index contributed by atoms with van der Waals surface area (Å²) in [6, 6.07) is 7.96. The van der Waals surface area contributed by atoms with Gasteiger partial charge in [0, 0.05) is 49.1 Å². The molecule has 36 heavy (non-hydrogen) atoms. The van der Waals surface area contributed by atoms with E-state index in [4.69, 9.17) is 11.6 Å². The third kappa shape index (κ3) is 8.20. The first-order valence-corrected chi connectivity index (χ1v) is 14.4. The molecule has 1 aromatic carbocycles. The van der Waals surface area contributed by atoms with Crippen molar-refractivity contribution in [2.45, 2.75) is 51.3 Å². The Labute approximate surface area is 218 Å². The normalized spacial score (nSPS) is 15.0. The van der Waals surface area contributed by atoms with E-state index >= 15 is 0 Å². The number of hydrogen-bond donors (Lipinski definition) is 2. The fraction of sp³-hybridized carbons (Fsp3) is 0.500. The molecule has 3 rings (SSSR count). The molecule has 0 atom stereocenters. The van der Waals surface area contributed by atoms with Gasteiger partial charge in [-0.1, -0.05) is 38.4 Å². The molecule has 1 aromatic heterocycles. The number of carbonyl (C=O) groups is 2. The van der Waals surface area contributed by atoms with E-state index in [9.17, 15) is 18.0 Å². The lowest BCUT2D eigenvalue weighted by atomic mass is 9.91. The smallest absolute Gasteiger partial charge is 0.255 e. The summed E-state index contributed by atoms with van der Waals surface area (Å²) in [6.45, 7) is 8.41. The van der Waals surface area contributed by atoms with Gasteiger partial charge in [0.25, 0.3) is 5.91 Å². The zero-order valence-electron chi connectivity index (χ0n) is 21.3. The molecule has 1 fully saturated rings. The topological polar surface area (TPSA) is 108 Å². The summed E-state index contributed by atoms with van der Waals surface area (Å²) in [4.78, 5) is 31.7. The first kappa shape index (κ1) is 27.9. The molecule has 1 saturated heterocycles. The van der Waals surface area contributed by atoms with Gasteiger partial charge in [0.05, 0.1) is 10.6 Å². The van der Waals surface area contributed by atoms with Crippen LogP contribution in [0.15, 0.2) is 41.4 Å². The second-order valence-electron chi connectivity index (χ2n) is 10.6. The quantitative estimate of drug-likeness (QED) is 0.514. The molecule has 2 amide bonds. The molecule has 10 heteroatoms. The van der Waals surface area contributed by atoms with Gasteiger partial charge in [-0.3, -0.25) is 9.59 Å². The fourth-order valence-electron chi connectivity index (χ4n) is 4.07. The summed E-state index contributed by atoms with van der Waals surface area (Å²) in [5, 5.41) is 6.26. The summed E-state index contributed by atoms with van der Waals surface area (Å²) >= 11 is 6.02. The van der Waals surface area contributed by atoms with Gasteiger partial charge < -0.3 is 15.5 Å². The lowest BCUT2D eigenvalue weighted by Gasteiger charge is -2.33. The lowest BCUT2D eigenvalue weighted by molar-refractivity contribution is -0.122. The van der Waals surface area contributed by atoms with Gasteiger partial charge in [0.15, 0.2) is 15.7 Å². The van der Waals surface area contributed by atoms with Crippen LogP contribution in [0.4, 0.5) is 11.5 Å². The minimum Gasteiger partial charge on any atom is -0.356 e. The second-order valence-corrected chi connectivity index (χ2v) is 13.0. The second kappa shape index (κ2) is 11.6. The van der Waals surface area contributed by atoms with Gasteiger partial charge >= 0.3 is 0 Å². The molecule has 2 heterocycles. The third-order valence-electron chi connectivity index (χ3n) is 6.19. The van der Waals surface area contributed by atoms with Crippen molar-refractivity contribution >= 4 is 44.8 Å². The van der Waals surface area contributed by atoms with E-state index in [1.807, 2.05) is 4.90 Å². The van der Waals surface area contributed by atoms with Crippen molar-refractivity contribution in [3.8, 4) is 0 Å². The SMILES string of the molecule is CC(C)(C)CCNC(=O)CC1CCN(c2ncc(S(C)(=O)=O)cc2NC(=O)c2cccc(Cl)c2)CC1. The number of sulfone groups is 1. The van der Waals surface area contributed by atoms with Crippen molar-refractivity contribution in [2.75, 3.05) is 36.1 Å². The van der Waals surface area contributed by atoms with E-state index in [1.54, 1.807) is 24.3 Å². The van der Waals surface area contributed by atoms with Crippen LogP contribution in [0.5, 0.6) is 0 Å². The molecule has 0 saturated carbocycles. The molecule has 2 aromatic rings. The minimum atomic E-state index is -3.52. The first-order chi connectivity index (χ1) is 16.8. The van der Waals surface area contributed by atoms with Crippen LogP contribution in [0.1, 0.15) is 56.8 Å². The highest BCUT2D eigenvalue weighted by molar-refractivity contribution is 7.90. The van der Waals surface area contributed by atoms with Crippen molar-refractivity contribution in [3.05, 3.63) is 47.1 Å². The molecule has 0 aliphatic carbocycles. The maximum absolute atomic E-state index is 12.9. The van der Waals surface area contributed by atoms with Gasteiger partial charge in [0.1, 0.15) is 0 Å². The Hall–Kier alpha value is -2.65. The molecular formula is C26H35ClN4O4S. The largest absolute Gasteiger partial charge is 0.356 e. The summed E-state index contributed by atoms with van der Waals surface area (Å²) in [5.74, 6) is 0.428. The number of aromatic nitrogens is 1. The van der Waals surface area contributed by atoms with Gasteiger partial charge in [-0.15, -0.1) is 0 Å². The zero-order chi connectivity index (χ0) is 26.5. The highest BCUT2D eigenvalue weighted by Crippen LogP contribution is 2.31. The van der Waals surface area contributed by atoms with Gasteiger partial charge in [-0.05, 0) is 54.9 Å². The molecule has 1 aliphatic rings. The Bertz CT molecular complexity index is 1200. The summed E-state index contributed by atoms with van der Waals surface area (Å²) in [6.07, 6.45) is 5.42. The highest BCUT2D eigenvalue weighted by Gasteiger charge is 2.25. The number of amides is 2. The Morgan fingerprint density at radius 1 is 1.17 bits per heavy atom. The first-order valence-electron chi connectivity index (χ1n) is 12.1. The van der Waals surface area contributed by atoms with Crippen molar-refractivity contribution in [1.82, 2.24) is 10.3 Å². The maximum atomic E-state index is 12.9. The number of benzene rings is 1. The summed E-state index contributed by atoms with van der Waals surface area (Å²) in [5.41, 5.74) is 0.855. The predicted molar refractivity (Wildman–Crippen MR) is 143 cm³/mol. The zero-order valence-corrected chi connectivity index (χ0v) is 22.9. The molecule has 0 unspecified atom stereocenters. The van der Waals surface area contributed by atoms with Gasteiger partial charge in [-0.2, -0.15) is 0 Å². The molecule has 0 radical (unpaired) electrons. The molecule has 8 nitrogen and oxygen atoms in total. The van der Waals surface area contributed by atoms with E-state index in [0.717, 1.165) is 25.5 Å². The van der Waals surface area contributed by atoms with E-state index < -0.39 is 15.7 Å². The number of piperidine rings is 1. The average Bonchev–Trinajstić information content (AvgIpc) is 2.78. The monoisotopic (exact) mass is 534 g/mol. The van der Waals surface area contributed by atoms with Crippen LogP contribution in [0.3, 0.4) is 0 Å². The van der Waals surface area contributed by atoms with Crippen molar-refractivity contribution in [3.63, 3.8) is 0 Å². The van der Waals surface area contributed by atoms with Gasteiger partial charge in [-0.25, -0.2) is 13.4 Å². The Balaban J connectivity index is 1.69. The molecule has 196 valence electrons. The number of carbonyl (C=O) groups excluding carboxylic acids is 2. The highest BCUT2D eigenvalue weighted by atomic mass is 35.5. The predicted octanol–water partition coefficient (Wildman–Crippen LogP) is 4.55. The van der Waals surface area contributed by atoms with Crippen LogP contribution in [0.2, 0.25) is 5.02 Å². The third-order valence-corrected chi connectivity index (χ3v) is 7.50. The minimum absolute atomic E-state index is 0.0226. The molecule has 2 N–H and O–H groups in total. The van der Waals surface area contributed by atoms with Crippen LogP contribution >= 0.6 is 11.6 Å². The summed E-state index contributed by atoms with van der Waals surface area (Å²) in [7, 11) is -3.52. The Kier molecular flexibility index (Phi) is 9.00. The summed E-state index contributed by atoms with van der Waals surface area (Å²) < 4.78 is 24.3. The maximum Gasteiger partial charge on any atom is 0.255 e. The van der Waals surface area contributed by atoms with E-state index in [1.165, 1.54) is 12.3 Å². The van der Waals surface area contributed by atoms with Gasteiger partial charge in [0.2, 0.25) is 5.91 Å². The van der Waals surface area contributed by atoms with Crippen LogP contribution in [-0.4, -0.2) is 51.1 Å². The molecule has 0 bridgehead atoms.